The minimum absolute atomic E-state index is 0.188. The average Bonchev–Trinajstić information content (AvgIpc) is 2.79. The molecule has 5 nitrogen and oxygen atoms in total. The highest BCUT2D eigenvalue weighted by Gasteiger charge is 2.12. The van der Waals surface area contributed by atoms with Gasteiger partial charge in [-0.1, -0.05) is 54.6 Å². The van der Waals surface area contributed by atoms with E-state index in [0.717, 1.165) is 29.7 Å². The summed E-state index contributed by atoms with van der Waals surface area (Å²) in [6.07, 6.45) is 3.57. The van der Waals surface area contributed by atoms with E-state index < -0.39 is 0 Å². The van der Waals surface area contributed by atoms with Crippen LogP contribution >= 0.6 is 0 Å². The molecule has 0 atom stereocenters. The van der Waals surface area contributed by atoms with E-state index in [9.17, 15) is 9.59 Å². The molecule has 0 aliphatic heterocycles. The van der Waals surface area contributed by atoms with Gasteiger partial charge in [0.05, 0.1) is 6.61 Å². The van der Waals surface area contributed by atoms with Crippen molar-refractivity contribution in [3.8, 4) is 5.75 Å². The standard InChI is InChI=1S/C27H28N2O3/c1-20-9-6-7-13-23(20)19-26(28-21(2)30)27(31)29-24-14-16-25(17-15-24)32-18-8-12-22-10-4-3-5-11-22/h3-7,9-11,13-17,19H,8,12,18H2,1-2H3,(H,28,30)(H,29,31)/b26-19+. The highest BCUT2D eigenvalue weighted by atomic mass is 16.5. The second-order valence-corrected chi connectivity index (χ2v) is 7.51. The average molecular weight is 429 g/mol. The summed E-state index contributed by atoms with van der Waals surface area (Å²) >= 11 is 0. The number of anilines is 1. The Balaban J connectivity index is 1.57. The molecule has 164 valence electrons. The topological polar surface area (TPSA) is 67.4 Å². The third-order valence-corrected chi connectivity index (χ3v) is 4.88. The molecule has 3 aromatic rings. The Hall–Kier alpha value is -3.86. The van der Waals surface area contributed by atoms with Crippen LogP contribution in [0.25, 0.3) is 6.08 Å². The summed E-state index contributed by atoms with van der Waals surface area (Å²) < 4.78 is 5.80. The van der Waals surface area contributed by atoms with E-state index >= 15 is 0 Å². The fraction of sp³-hybridized carbons (Fsp3) is 0.185. The van der Waals surface area contributed by atoms with Crippen LogP contribution in [0.5, 0.6) is 5.75 Å². The lowest BCUT2D eigenvalue weighted by atomic mass is 10.1. The Bertz CT molecular complexity index is 1070. The Kier molecular flexibility index (Phi) is 8.21. The van der Waals surface area contributed by atoms with Gasteiger partial charge in [0.2, 0.25) is 5.91 Å². The number of carbonyl (C=O) groups excluding carboxylic acids is 2. The number of carbonyl (C=O) groups is 2. The van der Waals surface area contributed by atoms with E-state index in [0.29, 0.717) is 12.3 Å². The molecule has 2 N–H and O–H groups in total. The van der Waals surface area contributed by atoms with Crippen LogP contribution in [0.1, 0.15) is 30.0 Å². The molecule has 0 aromatic heterocycles. The fourth-order valence-corrected chi connectivity index (χ4v) is 3.20. The molecule has 0 bridgehead atoms. The van der Waals surface area contributed by atoms with Crippen molar-refractivity contribution < 1.29 is 14.3 Å². The molecule has 32 heavy (non-hydrogen) atoms. The second kappa shape index (κ2) is 11.5. The Morgan fingerprint density at radius 3 is 2.28 bits per heavy atom. The van der Waals surface area contributed by atoms with E-state index in [1.54, 1.807) is 18.2 Å². The van der Waals surface area contributed by atoms with Crippen LogP contribution in [0, 0.1) is 6.92 Å². The van der Waals surface area contributed by atoms with E-state index in [4.69, 9.17) is 4.74 Å². The molecule has 3 aromatic carbocycles. The minimum Gasteiger partial charge on any atom is -0.494 e. The minimum atomic E-state index is -0.389. The summed E-state index contributed by atoms with van der Waals surface area (Å²) in [6, 6.07) is 25.2. The van der Waals surface area contributed by atoms with E-state index in [2.05, 4.69) is 22.8 Å². The van der Waals surface area contributed by atoms with Crippen LogP contribution in [0.15, 0.2) is 84.6 Å². The zero-order valence-electron chi connectivity index (χ0n) is 18.4. The number of aryl methyl sites for hydroxylation is 2. The van der Waals surface area contributed by atoms with Crippen LogP contribution < -0.4 is 15.4 Å². The molecule has 0 unspecified atom stereocenters. The normalized spacial score (nSPS) is 11.0. The number of ether oxygens (including phenoxy) is 1. The second-order valence-electron chi connectivity index (χ2n) is 7.51. The SMILES string of the molecule is CC(=O)N/C(=C/c1ccccc1C)C(=O)Nc1ccc(OCCCc2ccccc2)cc1. The zero-order valence-corrected chi connectivity index (χ0v) is 18.4. The number of nitrogens with one attached hydrogen (secondary N) is 2. The van der Waals surface area contributed by atoms with Crippen molar-refractivity contribution in [3.63, 3.8) is 0 Å². The highest BCUT2D eigenvalue weighted by Crippen LogP contribution is 2.18. The van der Waals surface area contributed by atoms with Crippen molar-refractivity contribution >= 4 is 23.6 Å². The summed E-state index contributed by atoms with van der Waals surface area (Å²) in [7, 11) is 0. The maximum atomic E-state index is 12.8. The van der Waals surface area contributed by atoms with Gasteiger partial charge in [0.1, 0.15) is 11.4 Å². The molecule has 0 saturated carbocycles. The van der Waals surface area contributed by atoms with Crippen molar-refractivity contribution in [2.24, 2.45) is 0 Å². The first-order valence-corrected chi connectivity index (χ1v) is 10.6. The van der Waals surface area contributed by atoms with Gasteiger partial charge >= 0.3 is 0 Å². The smallest absolute Gasteiger partial charge is 0.272 e. The number of amides is 2. The molecule has 0 spiro atoms. The van der Waals surface area contributed by atoms with Crippen molar-refractivity contribution in [2.45, 2.75) is 26.7 Å². The Morgan fingerprint density at radius 1 is 0.906 bits per heavy atom. The predicted molar refractivity (Wildman–Crippen MR) is 128 cm³/mol. The van der Waals surface area contributed by atoms with Gasteiger partial charge in [0.25, 0.3) is 5.91 Å². The van der Waals surface area contributed by atoms with Crippen molar-refractivity contribution in [1.29, 1.82) is 0 Å². The molecular weight excluding hydrogens is 400 g/mol. The van der Waals surface area contributed by atoms with Gasteiger partial charge < -0.3 is 15.4 Å². The maximum absolute atomic E-state index is 12.8. The van der Waals surface area contributed by atoms with Crippen LogP contribution in [0.2, 0.25) is 0 Å². The molecule has 0 aliphatic rings. The van der Waals surface area contributed by atoms with Crippen molar-refractivity contribution in [3.05, 3.63) is 101 Å². The zero-order chi connectivity index (χ0) is 22.8. The monoisotopic (exact) mass is 428 g/mol. The molecular formula is C27H28N2O3. The Morgan fingerprint density at radius 2 is 1.59 bits per heavy atom. The first kappa shape index (κ1) is 22.8. The van der Waals surface area contributed by atoms with Crippen molar-refractivity contribution in [1.82, 2.24) is 5.32 Å². The lowest BCUT2D eigenvalue weighted by Gasteiger charge is -2.11. The molecule has 5 heteroatoms. The third-order valence-electron chi connectivity index (χ3n) is 4.88. The van der Waals surface area contributed by atoms with Crippen molar-refractivity contribution in [2.75, 3.05) is 11.9 Å². The van der Waals surface area contributed by atoms with Gasteiger partial charge in [-0.3, -0.25) is 9.59 Å². The molecule has 0 saturated heterocycles. The van der Waals surface area contributed by atoms with Gasteiger partial charge in [0, 0.05) is 12.6 Å². The molecule has 3 rings (SSSR count). The van der Waals surface area contributed by atoms with Gasteiger partial charge in [-0.2, -0.15) is 0 Å². The highest BCUT2D eigenvalue weighted by molar-refractivity contribution is 6.08. The number of rotatable bonds is 9. The molecule has 0 heterocycles. The summed E-state index contributed by atoms with van der Waals surface area (Å²) in [4.78, 5) is 24.4. The lowest BCUT2D eigenvalue weighted by Crippen LogP contribution is -2.29. The maximum Gasteiger partial charge on any atom is 0.272 e. The van der Waals surface area contributed by atoms with Gasteiger partial charge in [-0.25, -0.2) is 0 Å². The van der Waals surface area contributed by atoms with E-state index in [-0.39, 0.29) is 17.5 Å². The molecule has 2 amide bonds. The molecule has 0 aliphatic carbocycles. The summed E-state index contributed by atoms with van der Waals surface area (Å²) in [5, 5.41) is 5.45. The summed E-state index contributed by atoms with van der Waals surface area (Å²) in [5.41, 5.74) is 3.98. The van der Waals surface area contributed by atoms with E-state index in [1.165, 1.54) is 12.5 Å². The van der Waals surface area contributed by atoms with Gasteiger partial charge in [-0.05, 0) is 66.8 Å². The number of hydrogen-bond acceptors (Lipinski definition) is 3. The largest absolute Gasteiger partial charge is 0.494 e. The first-order chi connectivity index (χ1) is 15.5. The Labute approximate surface area is 189 Å². The summed E-state index contributed by atoms with van der Waals surface area (Å²) in [5.74, 6) is 0.0489. The van der Waals surface area contributed by atoms with Crippen LogP contribution in [0.3, 0.4) is 0 Å². The predicted octanol–water partition coefficient (Wildman–Crippen LogP) is 5.12. The van der Waals surface area contributed by atoms with Gasteiger partial charge in [-0.15, -0.1) is 0 Å². The molecule has 0 radical (unpaired) electrons. The van der Waals surface area contributed by atoms with Gasteiger partial charge in [0.15, 0.2) is 0 Å². The van der Waals surface area contributed by atoms with E-state index in [1.807, 2.05) is 61.5 Å². The van der Waals surface area contributed by atoms with Crippen LogP contribution in [0.4, 0.5) is 5.69 Å². The number of hydrogen-bond donors (Lipinski definition) is 2. The quantitative estimate of drug-likeness (QED) is 0.367. The van der Waals surface area contributed by atoms with Crippen LogP contribution in [-0.2, 0) is 16.0 Å². The lowest BCUT2D eigenvalue weighted by molar-refractivity contribution is -0.120. The first-order valence-electron chi connectivity index (χ1n) is 10.6. The summed E-state index contributed by atoms with van der Waals surface area (Å²) in [6.45, 7) is 3.95. The third kappa shape index (κ3) is 7.13. The number of benzene rings is 3. The fourth-order valence-electron chi connectivity index (χ4n) is 3.20. The molecule has 0 fully saturated rings. The van der Waals surface area contributed by atoms with Crippen LogP contribution in [-0.4, -0.2) is 18.4 Å².